The number of fused-ring (bicyclic) bond motifs is 1. The molecule has 0 saturated carbocycles. The number of halogens is 3. The van der Waals surface area contributed by atoms with Gasteiger partial charge < -0.3 is 14.8 Å². The van der Waals surface area contributed by atoms with Gasteiger partial charge in [0.25, 0.3) is 0 Å². The Morgan fingerprint density at radius 3 is 2.65 bits per heavy atom. The lowest BCUT2D eigenvalue weighted by Gasteiger charge is -2.17. The molecule has 3 aromatic heterocycles. The van der Waals surface area contributed by atoms with Crippen molar-refractivity contribution < 1.29 is 22.6 Å². The van der Waals surface area contributed by atoms with E-state index in [0.29, 0.717) is 11.5 Å². The average molecular weight is 430 g/mol. The van der Waals surface area contributed by atoms with Crippen LogP contribution in [0.15, 0.2) is 55.2 Å². The van der Waals surface area contributed by atoms with Crippen LogP contribution in [-0.4, -0.2) is 38.0 Å². The quantitative estimate of drug-likeness (QED) is 0.489. The highest BCUT2D eigenvalue weighted by molar-refractivity contribution is 5.81. The maximum Gasteiger partial charge on any atom is 0.573 e. The Bertz CT molecular complexity index is 1200. The van der Waals surface area contributed by atoms with Gasteiger partial charge in [0.1, 0.15) is 23.5 Å². The number of nitrogens with zero attached hydrogens (tertiary/aromatic N) is 5. The minimum absolute atomic E-state index is 0.1000. The van der Waals surface area contributed by atoms with Crippen LogP contribution in [-0.2, 0) is 0 Å². The van der Waals surface area contributed by atoms with Gasteiger partial charge in [0.05, 0.1) is 24.9 Å². The van der Waals surface area contributed by atoms with Crippen LogP contribution >= 0.6 is 0 Å². The minimum Gasteiger partial charge on any atom is -0.497 e. The van der Waals surface area contributed by atoms with Gasteiger partial charge in [0.2, 0.25) is 5.95 Å². The van der Waals surface area contributed by atoms with E-state index in [1.54, 1.807) is 16.8 Å². The van der Waals surface area contributed by atoms with E-state index in [1.165, 1.54) is 31.8 Å². The molecule has 0 saturated heterocycles. The number of aromatic nitrogens is 5. The van der Waals surface area contributed by atoms with E-state index >= 15 is 0 Å². The second kappa shape index (κ2) is 8.09. The number of pyridine rings is 1. The molecular weight excluding hydrogens is 413 g/mol. The fourth-order valence-electron chi connectivity index (χ4n) is 3.07. The molecule has 0 amide bonds. The first kappa shape index (κ1) is 20.4. The number of nitrogens with one attached hydrogen (secondary N) is 1. The fourth-order valence-corrected chi connectivity index (χ4v) is 3.07. The zero-order chi connectivity index (χ0) is 22.0. The van der Waals surface area contributed by atoms with Gasteiger partial charge in [-0.3, -0.25) is 9.38 Å². The van der Waals surface area contributed by atoms with Crippen LogP contribution in [0.3, 0.4) is 0 Å². The van der Waals surface area contributed by atoms with Crippen LogP contribution in [0.4, 0.5) is 19.1 Å². The van der Waals surface area contributed by atoms with E-state index in [2.05, 4.69) is 30.2 Å². The Morgan fingerprint density at radius 1 is 1.10 bits per heavy atom. The number of rotatable bonds is 6. The number of methoxy groups -OCH3 is 1. The molecule has 0 radical (unpaired) electrons. The Morgan fingerprint density at radius 2 is 1.94 bits per heavy atom. The van der Waals surface area contributed by atoms with E-state index in [0.717, 1.165) is 11.6 Å². The van der Waals surface area contributed by atoms with Crippen LogP contribution < -0.4 is 14.8 Å². The molecule has 11 heteroatoms. The van der Waals surface area contributed by atoms with Crippen LogP contribution in [0.2, 0.25) is 0 Å². The topological polar surface area (TPSA) is 86.5 Å². The molecule has 0 aliphatic rings. The SMILES string of the molecule is COc1ccc(-c2nnc(N[C@@H](C)c3cccnc3)n3cncc23)c(OC(F)(F)F)c1. The van der Waals surface area contributed by atoms with E-state index in [4.69, 9.17) is 4.74 Å². The Balaban J connectivity index is 1.76. The summed E-state index contributed by atoms with van der Waals surface area (Å²) in [6.07, 6.45) is 1.51. The van der Waals surface area contributed by atoms with Crippen molar-refractivity contribution in [3.05, 3.63) is 60.8 Å². The molecule has 0 spiro atoms. The Kier molecular flexibility index (Phi) is 5.32. The van der Waals surface area contributed by atoms with E-state index in [-0.39, 0.29) is 23.0 Å². The monoisotopic (exact) mass is 430 g/mol. The van der Waals surface area contributed by atoms with Crippen LogP contribution in [0.25, 0.3) is 16.8 Å². The average Bonchev–Trinajstić information content (AvgIpc) is 3.24. The lowest BCUT2D eigenvalue weighted by molar-refractivity contribution is -0.274. The third-order valence-electron chi connectivity index (χ3n) is 4.55. The van der Waals surface area contributed by atoms with Gasteiger partial charge in [-0.1, -0.05) is 6.07 Å². The van der Waals surface area contributed by atoms with Gasteiger partial charge in [-0.05, 0) is 30.7 Å². The number of benzene rings is 1. The minimum atomic E-state index is -4.88. The fraction of sp³-hybridized carbons (Fsp3) is 0.200. The smallest absolute Gasteiger partial charge is 0.497 e. The standard InChI is InChI=1S/C20H17F3N6O2/c1-12(13-4-3-7-24-9-13)26-19-28-27-18(16-10-25-11-29(16)19)15-6-5-14(30-2)8-17(15)31-20(21,22)23/h3-12H,1-2H3,(H,26,28)/t12-/m0/s1. The Labute approximate surface area is 174 Å². The normalized spacial score (nSPS) is 12.5. The predicted octanol–water partition coefficient (Wildman–Crippen LogP) is 4.27. The van der Waals surface area contributed by atoms with Crippen LogP contribution in [0.1, 0.15) is 18.5 Å². The third-order valence-corrected chi connectivity index (χ3v) is 4.55. The summed E-state index contributed by atoms with van der Waals surface area (Å²) in [5, 5.41) is 11.6. The lowest BCUT2D eigenvalue weighted by atomic mass is 10.1. The summed E-state index contributed by atoms with van der Waals surface area (Å²) < 4.78 is 49.7. The summed E-state index contributed by atoms with van der Waals surface area (Å²) in [7, 11) is 1.35. The molecule has 1 N–H and O–H groups in total. The molecule has 3 heterocycles. The molecule has 0 aliphatic heterocycles. The highest BCUT2D eigenvalue weighted by Crippen LogP contribution is 2.37. The summed E-state index contributed by atoms with van der Waals surface area (Å²) in [4.78, 5) is 8.20. The Hall–Kier alpha value is -3.89. The maximum absolute atomic E-state index is 13.0. The van der Waals surface area contributed by atoms with Gasteiger partial charge in [0.15, 0.2) is 0 Å². The predicted molar refractivity (Wildman–Crippen MR) is 106 cm³/mol. The van der Waals surface area contributed by atoms with Crippen molar-refractivity contribution in [2.24, 2.45) is 0 Å². The first-order chi connectivity index (χ1) is 14.9. The number of ether oxygens (including phenoxy) is 2. The first-order valence-electron chi connectivity index (χ1n) is 9.15. The molecule has 0 fully saturated rings. The summed E-state index contributed by atoms with van der Waals surface area (Å²) in [5.74, 6) is 0.136. The van der Waals surface area contributed by atoms with Gasteiger partial charge in [0, 0.05) is 24.0 Å². The second-order valence-corrected chi connectivity index (χ2v) is 6.58. The summed E-state index contributed by atoms with van der Waals surface area (Å²) >= 11 is 0. The molecule has 31 heavy (non-hydrogen) atoms. The second-order valence-electron chi connectivity index (χ2n) is 6.58. The molecule has 1 atom stereocenters. The van der Waals surface area contributed by atoms with Crippen LogP contribution in [0.5, 0.6) is 11.5 Å². The number of hydrogen-bond acceptors (Lipinski definition) is 7. The molecule has 0 unspecified atom stereocenters. The molecule has 1 aromatic carbocycles. The summed E-state index contributed by atoms with van der Waals surface area (Å²) in [5.41, 5.74) is 1.66. The zero-order valence-corrected chi connectivity index (χ0v) is 16.5. The first-order valence-corrected chi connectivity index (χ1v) is 9.15. The zero-order valence-electron chi connectivity index (χ0n) is 16.5. The number of anilines is 1. The van der Waals surface area contributed by atoms with Crippen molar-refractivity contribution in [2.75, 3.05) is 12.4 Å². The van der Waals surface area contributed by atoms with Gasteiger partial charge >= 0.3 is 6.36 Å². The van der Waals surface area contributed by atoms with Gasteiger partial charge in [-0.2, -0.15) is 0 Å². The van der Waals surface area contributed by atoms with E-state index < -0.39 is 12.1 Å². The summed E-state index contributed by atoms with van der Waals surface area (Å²) in [6.45, 7) is 1.92. The molecule has 4 aromatic rings. The molecule has 160 valence electrons. The molecule has 4 rings (SSSR count). The van der Waals surface area contributed by atoms with Gasteiger partial charge in [-0.15, -0.1) is 23.4 Å². The summed E-state index contributed by atoms with van der Waals surface area (Å²) in [6, 6.07) is 7.68. The van der Waals surface area contributed by atoms with Crippen molar-refractivity contribution >= 4 is 11.5 Å². The molecule has 0 bridgehead atoms. The molecular formula is C20H17F3N6O2. The number of hydrogen-bond donors (Lipinski definition) is 1. The third kappa shape index (κ3) is 4.34. The largest absolute Gasteiger partial charge is 0.573 e. The van der Waals surface area contributed by atoms with Crippen molar-refractivity contribution in [2.45, 2.75) is 19.3 Å². The van der Waals surface area contributed by atoms with Crippen molar-refractivity contribution in [3.8, 4) is 22.8 Å². The highest BCUT2D eigenvalue weighted by Gasteiger charge is 2.33. The van der Waals surface area contributed by atoms with Crippen molar-refractivity contribution in [1.82, 2.24) is 24.6 Å². The van der Waals surface area contributed by atoms with Gasteiger partial charge in [-0.25, -0.2) is 4.98 Å². The molecule has 0 aliphatic carbocycles. The number of imidazole rings is 1. The van der Waals surface area contributed by atoms with Crippen molar-refractivity contribution in [1.29, 1.82) is 0 Å². The highest BCUT2D eigenvalue weighted by atomic mass is 19.4. The molecule has 8 nitrogen and oxygen atoms in total. The van der Waals surface area contributed by atoms with Crippen LogP contribution in [0, 0.1) is 0 Å². The lowest BCUT2D eigenvalue weighted by Crippen LogP contribution is -2.18. The van der Waals surface area contributed by atoms with Crippen molar-refractivity contribution in [3.63, 3.8) is 0 Å². The van der Waals surface area contributed by atoms with E-state index in [9.17, 15) is 13.2 Å². The van der Waals surface area contributed by atoms with E-state index in [1.807, 2.05) is 19.1 Å². The number of alkyl halides is 3. The maximum atomic E-state index is 13.0.